The third kappa shape index (κ3) is 4.15. The smallest absolute Gasteiger partial charge is 0.193 e. The van der Waals surface area contributed by atoms with E-state index in [0.29, 0.717) is 11.1 Å². The van der Waals surface area contributed by atoms with Crippen LogP contribution in [-0.4, -0.2) is 17.9 Å². The number of nitrogens with zero attached hydrogens (tertiary/aromatic N) is 1. The Bertz CT molecular complexity index is 1190. The van der Waals surface area contributed by atoms with Gasteiger partial charge >= 0.3 is 0 Å². The number of carbonyl (C=O) groups excluding carboxylic acids is 1. The van der Waals surface area contributed by atoms with Crippen LogP contribution in [0.1, 0.15) is 21.6 Å². The predicted molar refractivity (Wildman–Crippen MR) is 120 cm³/mol. The average molecular weight is 447 g/mol. The third-order valence-electron chi connectivity index (χ3n) is 4.68. The van der Waals surface area contributed by atoms with Crippen LogP contribution in [0.3, 0.4) is 0 Å². The first-order valence-corrected chi connectivity index (χ1v) is 9.95. The number of benzene rings is 3. The largest absolute Gasteiger partial charge is 0.497 e. The maximum absolute atomic E-state index is 12.7. The molecule has 0 spiro atoms. The molecule has 4 rings (SSSR count). The lowest BCUT2D eigenvalue weighted by Gasteiger charge is -2.12. The summed E-state index contributed by atoms with van der Waals surface area (Å²) in [4.78, 5) is 17.2. The first-order valence-electron chi connectivity index (χ1n) is 9.16. The minimum absolute atomic E-state index is 0.000934. The highest BCUT2D eigenvalue weighted by atomic mass is 79.9. The quantitative estimate of drug-likeness (QED) is 0.366. The molecule has 0 aliphatic rings. The summed E-state index contributed by atoms with van der Waals surface area (Å²) in [6.45, 7) is 1.97. The van der Waals surface area contributed by atoms with Crippen LogP contribution in [0.5, 0.6) is 5.75 Å². The van der Waals surface area contributed by atoms with E-state index in [1.165, 1.54) is 0 Å². The van der Waals surface area contributed by atoms with Gasteiger partial charge in [0, 0.05) is 38.1 Å². The molecule has 29 heavy (non-hydrogen) atoms. The molecule has 0 aliphatic heterocycles. The van der Waals surface area contributed by atoms with E-state index in [9.17, 15) is 4.79 Å². The Labute approximate surface area is 177 Å². The first kappa shape index (κ1) is 19.2. The van der Waals surface area contributed by atoms with Gasteiger partial charge in [-0.2, -0.15) is 0 Å². The molecule has 0 aliphatic carbocycles. The summed E-state index contributed by atoms with van der Waals surface area (Å²) in [5.74, 6) is 0.778. The molecule has 0 atom stereocenters. The number of fused-ring (bicyclic) bond motifs is 1. The molecule has 0 fully saturated rings. The Kier molecular flexibility index (Phi) is 5.32. The molecule has 4 aromatic rings. The number of ketones is 1. The van der Waals surface area contributed by atoms with E-state index in [4.69, 9.17) is 4.74 Å². The van der Waals surface area contributed by atoms with Crippen molar-refractivity contribution in [2.75, 3.05) is 12.4 Å². The lowest BCUT2D eigenvalue weighted by Crippen LogP contribution is -2.01. The van der Waals surface area contributed by atoms with Crippen LogP contribution in [0, 0.1) is 6.92 Å². The molecule has 0 radical (unpaired) electrons. The van der Waals surface area contributed by atoms with Crippen LogP contribution < -0.4 is 10.1 Å². The van der Waals surface area contributed by atoms with Crippen molar-refractivity contribution in [1.29, 1.82) is 0 Å². The molecule has 1 N–H and O–H groups in total. The van der Waals surface area contributed by atoms with E-state index < -0.39 is 0 Å². The number of hydrogen-bond donors (Lipinski definition) is 1. The Hall–Kier alpha value is -3.18. The number of anilines is 2. The van der Waals surface area contributed by atoms with Gasteiger partial charge in [-0.1, -0.05) is 15.9 Å². The van der Waals surface area contributed by atoms with Gasteiger partial charge in [-0.3, -0.25) is 9.78 Å². The number of halogens is 1. The summed E-state index contributed by atoms with van der Waals surface area (Å²) < 4.78 is 6.30. The SMILES string of the molecule is COc1ccc2nc(C)cc(Nc3ccc(C(=O)c4ccc(Br)cc4)cc3)c2c1. The van der Waals surface area contributed by atoms with Gasteiger partial charge in [0.15, 0.2) is 5.78 Å². The number of aryl methyl sites for hydroxylation is 1. The van der Waals surface area contributed by atoms with Gasteiger partial charge in [-0.15, -0.1) is 0 Å². The van der Waals surface area contributed by atoms with Crippen molar-refractivity contribution >= 4 is 44.0 Å². The molecule has 0 saturated heterocycles. The molecular formula is C24H19BrN2O2. The van der Waals surface area contributed by atoms with Gasteiger partial charge in [0.05, 0.1) is 12.6 Å². The Morgan fingerprint density at radius 3 is 2.24 bits per heavy atom. The fraction of sp³-hybridized carbons (Fsp3) is 0.0833. The summed E-state index contributed by atoms with van der Waals surface area (Å²) in [5.41, 5.74) is 4.97. The number of rotatable bonds is 5. The summed E-state index contributed by atoms with van der Waals surface area (Å²) in [6.07, 6.45) is 0. The summed E-state index contributed by atoms with van der Waals surface area (Å²) in [6, 6.07) is 22.7. The maximum atomic E-state index is 12.7. The minimum Gasteiger partial charge on any atom is -0.497 e. The lowest BCUT2D eigenvalue weighted by molar-refractivity contribution is 0.103. The van der Waals surface area contributed by atoms with Crippen LogP contribution in [-0.2, 0) is 0 Å². The normalized spacial score (nSPS) is 10.7. The van der Waals surface area contributed by atoms with Crippen molar-refractivity contribution < 1.29 is 9.53 Å². The molecule has 144 valence electrons. The van der Waals surface area contributed by atoms with Crippen LogP contribution >= 0.6 is 15.9 Å². The van der Waals surface area contributed by atoms with E-state index in [0.717, 1.165) is 38.2 Å². The van der Waals surface area contributed by atoms with E-state index in [2.05, 4.69) is 26.2 Å². The second-order valence-corrected chi connectivity index (χ2v) is 7.65. The third-order valence-corrected chi connectivity index (χ3v) is 5.21. The fourth-order valence-corrected chi connectivity index (χ4v) is 3.46. The number of nitrogens with one attached hydrogen (secondary N) is 1. The molecule has 3 aromatic carbocycles. The predicted octanol–water partition coefficient (Wildman–Crippen LogP) is 6.29. The number of hydrogen-bond acceptors (Lipinski definition) is 4. The van der Waals surface area contributed by atoms with Crippen LogP contribution in [0.15, 0.2) is 77.3 Å². The van der Waals surface area contributed by atoms with Crippen molar-refractivity contribution in [3.63, 3.8) is 0 Å². The minimum atomic E-state index is -0.000934. The van der Waals surface area contributed by atoms with Gasteiger partial charge in [-0.05, 0) is 79.7 Å². The van der Waals surface area contributed by atoms with Gasteiger partial charge in [-0.25, -0.2) is 0 Å². The summed E-state index contributed by atoms with van der Waals surface area (Å²) >= 11 is 3.39. The molecule has 0 unspecified atom stereocenters. The zero-order valence-electron chi connectivity index (χ0n) is 16.1. The second-order valence-electron chi connectivity index (χ2n) is 6.73. The molecule has 4 nitrogen and oxygen atoms in total. The first-order chi connectivity index (χ1) is 14.0. The van der Waals surface area contributed by atoms with Crippen LogP contribution in [0.25, 0.3) is 10.9 Å². The summed E-state index contributed by atoms with van der Waals surface area (Å²) in [7, 11) is 1.65. The van der Waals surface area contributed by atoms with Gasteiger partial charge in [0.1, 0.15) is 5.75 Å². The average Bonchev–Trinajstić information content (AvgIpc) is 2.74. The number of carbonyl (C=O) groups is 1. The van der Waals surface area contributed by atoms with Crippen molar-refractivity contribution in [1.82, 2.24) is 4.98 Å². The molecule has 5 heteroatoms. The van der Waals surface area contributed by atoms with Crippen molar-refractivity contribution in [2.45, 2.75) is 6.92 Å². The van der Waals surface area contributed by atoms with Crippen molar-refractivity contribution in [2.24, 2.45) is 0 Å². The fourth-order valence-electron chi connectivity index (χ4n) is 3.20. The van der Waals surface area contributed by atoms with E-state index >= 15 is 0 Å². The standard InChI is InChI=1S/C24H19BrN2O2/c1-15-13-23(21-14-20(29-2)11-12-22(21)26-15)27-19-9-5-17(6-10-19)24(28)16-3-7-18(25)8-4-16/h3-14H,1-2H3,(H,26,27). The van der Waals surface area contributed by atoms with E-state index in [1.807, 2.05) is 79.7 Å². The molecule has 0 saturated carbocycles. The monoisotopic (exact) mass is 446 g/mol. The highest BCUT2D eigenvalue weighted by molar-refractivity contribution is 9.10. The maximum Gasteiger partial charge on any atom is 0.193 e. The Balaban J connectivity index is 1.62. The van der Waals surface area contributed by atoms with Gasteiger partial charge < -0.3 is 10.1 Å². The molecule has 0 amide bonds. The number of ether oxygens (including phenoxy) is 1. The van der Waals surface area contributed by atoms with Gasteiger partial charge in [0.25, 0.3) is 0 Å². The van der Waals surface area contributed by atoms with E-state index in [-0.39, 0.29) is 5.78 Å². The zero-order valence-corrected chi connectivity index (χ0v) is 17.7. The highest BCUT2D eigenvalue weighted by Crippen LogP contribution is 2.29. The molecule has 1 heterocycles. The molecule has 0 bridgehead atoms. The topological polar surface area (TPSA) is 51.2 Å². The molecular weight excluding hydrogens is 428 g/mol. The highest BCUT2D eigenvalue weighted by Gasteiger charge is 2.10. The summed E-state index contributed by atoms with van der Waals surface area (Å²) in [5, 5.41) is 4.42. The lowest BCUT2D eigenvalue weighted by atomic mass is 10.0. The second kappa shape index (κ2) is 8.05. The number of aromatic nitrogens is 1. The Morgan fingerprint density at radius 1 is 0.931 bits per heavy atom. The van der Waals surface area contributed by atoms with Crippen LogP contribution in [0.4, 0.5) is 11.4 Å². The zero-order chi connectivity index (χ0) is 20.4. The Morgan fingerprint density at radius 2 is 1.59 bits per heavy atom. The van der Waals surface area contributed by atoms with Crippen LogP contribution in [0.2, 0.25) is 0 Å². The van der Waals surface area contributed by atoms with Crippen molar-refractivity contribution in [3.8, 4) is 5.75 Å². The van der Waals surface area contributed by atoms with Crippen molar-refractivity contribution in [3.05, 3.63) is 94.1 Å². The van der Waals surface area contributed by atoms with Gasteiger partial charge in [0.2, 0.25) is 0 Å². The molecule has 1 aromatic heterocycles. The number of pyridine rings is 1. The number of methoxy groups -OCH3 is 1. The van der Waals surface area contributed by atoms with E-state index in [1.54, 1.807) is 7.11 Å².